The first-order chi connectivity index (χ1) is 8.00. The predicted octanol–water partition coefficient (Wildman–Crippen LogP) is 3.05. The van der Waals surface area contributed by atoms with E-state index in [9.17, 15) is 10.1 Å². The van der Waals surface area contributed by atoms with Crippen molar-refractivity contribution < 1.29 is 4.92 Å². The van der Waals surface area contributed by atoms with Crippen molar-refractivity contribution in [1.82, 2.24) is 9.78 Å². The van der Waals surface area contributed by atoms with Crippen LogP contribution in [0.15, 0.2) is 24.3 Å². The van der Waals surface area contributed by atoms with Gasteiger partial charge in [0.2, 0.25) is 5.15 Å². The van der Waals surface area contributed by atoms with Gasteiger partial charge in [-0.2, -0.15) is 5.10 Å². The van der Waals surface area contributed by atoms with Crippen molar-refractivity contribution in [3.8, 4) is 5.69 Å². The number of aryl methyl sites for hydroxylation is 2. The summed E-state index contributed by atoms with van der Waals surface area (Å²) in [6.07, 6.45) is 0. The minimum atomic E-state index is -0.517. The van der Waals surface area contributed by atoms with E-state index in [0.29, 0.717) is 11.4 Å². The second-order valence-electron chi connectivity index (χ2n) is 3.73. The molecule has 0 atom stereocenters. The third kappa shape index (κ3) is 2.01. The van der Waals surface area contributed by atoms with E-state index in [1.54, 1.807) is 13.0 Å². The Hall–Kier alpha value is -1.88. The van der Waals surface area contributed by atoms with Crippen LogP contribution < -0.4 is 0 Å². The number of nitro groups is 1. The van der Waals surface area contributed by atoms with Crippen LogP contribution in [0.1, 0.15) is 11.3 Å². The summed E-state index contributed by atoms with van der Waals surface area (Å²) >= 11 is 5.97. The SMILES string of the molecule is Cc1cccc(-n2nc(C)c([N+](=O)[O-])c2Cl)c1. The summed E-state index contributed by atoms with van der Waals surface area (Å²) in [5.41, 5.74) is 1.91. The van der Waals surface area contributed by atoms with Gasteiger partial charge in [0.1, 0.15) is 5.69 Å². The Bertz CT molecular complexity index is 592. The second-order valence-corrected chi connectivity index (χ2v) is 4.09. The molecule has 0 amide bonds. The minimum absolute atomic E-state index is 0.0260. The highest BCUT2D eigenvalue weighted by Gasteiger charge is 2.24. The molecule has 0 spiro atoms. The smallest absolute Gasteiger partial charge is 0.258 e. The van der Waals surface area contributed by atoms with Gasteiger partial charge in [-0.15, -0.1) is 0 Å². The molecular formula is C11H10ClN3O2. The van der Waals surface area contributed by atoms with Crippen LogP contribution in [-0.4, -0.2) is 14.7 Å². The van der Waals surface area contributed by atoms with Crippen LogP contribution in [-0.2, 0) is 0 Å². The van der Waals surface area contributed by atoms with Gasteiger partial charge in [0.05, 0.1) is 10.6 Å². The first-order valence-electron chi connectivity index (χ1n) is 4.97. The van der Waals surface area contributed by atoms with Gasteiger partial charge >= 0.3 is 5.69 Å². The Morgan fingerprint density at radius 3 is 2.65 bits per heavy atom. The molecule has 0 saturated carbocycles. The van der Waals surface area contributed by atoms with Crippen LogP contribution in [0.25, 0.3) is 5.69 Å². The molecule has 0 aliphatic rings. The molecule has 1 aromatic carbocycles. The van der Waals surface area contributed by atoms with Crippen molar-refractivity contribution in [1.29, 1.82) is 0 Å². The summed E-state index contributed by atoms with van der Waals surface area (Å²) in [5, 5.41) is 14.9. The molecule has 0 aliphatic carbocycles. The normalized spacial score (nSPS) is 10.5. The molecule has 0 unspecified atom stereocenters. The van der Waals surface area contributed by atoms with Crippen molar-refractivity contribution in [3.05, 3.63) is 50.8 Å². The molecule has 6 heteroatoms. The van der Waals surface area contributed by atoms with Gasteiger partial charge in [-0.05, 0) is 31.5 Å². The van der Waals surface area contributed by atoms with E-state index in [2.05, 4.69) is 5.10 Å². The summed E-state index contributed by atoms with van der Waals surface area (Å²) in [6, 6.07) is 7.45. The summed E-state index contributed by atoms with van der Waals surface area (Å²) in [6.45, 7) is 3.50. The van der Waals surface area contributed by atoms with Crippen LogP contribution in [0.2, 0.25) is 5.15 Å². The molecule has 0 N–H and O–H groups in total. The first-order valence-corrected chi connectivity index (χ1v) is 5.35. The lowest BCUT2D eigenvalue weighted by Crippen LogP contribution is -1.97. The maximum atomic E-state index is 10.8. The largest absolute Gasteiger partial charge is 0.329 e. The number of halogens is 1. The molecule has 2 aromatic rings. The van der Waals surface area contributed by atoms with Crippen LogP contribution in [0.4, 0.5) is 5.69 Å². The fourth-order valence-corrected chi connectivity index (χ4v) is 1.97. The molecule has 17 heavy (non-hydrogen) atoms. The molecule has 1 aromatic heterocycles. The fourth-order valence-electron chi connectivity index (χ4n) is 1.63. The summed E-state index contributed by atoms with van der Waals surface area (Å²) in [7, 11) is 0. The van der Waals surface area contributed by atoms with E-state index in [1.165, 1.54) is 4.68 Å². The molecule has 0 saturated heterocycles. The van der Waals surface area contributed by atoms with Gasteiger partial charge in [0.15, 0.2) is 0 Å². The van der Waals surface area contributed by atoms with E-state index >= 15 is 0 Å². The topological polar surface area (TPSA) is 61.0 Å². The highest BCUT2D eigenvalue weighted by molar-refractivity contribution is 6.32. The average molecular weight is 252 g/mol. The lowest BCUT2D eigenvalue weighted by atomic mass is 10.2. The van der Waals surface area contributed by atoms with Crippen molar-refractivity contribution in [2.45, 2.75) is 13.8 Å². The summed E-state index contributed by atoms with van der Waals surface area (Å²) < 4.78 is 1.38. The third-order valence-electron chi connectivity index (χ3n) is 2.40. The standard InChI is InChI=1S/C11H10ClN3O2/c1-7-4-3-5-9(6-7)14-11(12)10(15(16)17)8(2)13-14/h3-6H,1-2H3. The highest BCUT2D eigenvalue weighted by atomic mass is 35.5. The number of nitrogens with zero attached hydrogens (tertiary/aromatic N) is 3. The molecule has 5 nitrogen and oxygen atoms in total. The first kappa shape index (κ1) is 11.6. The third-order valence-corrected chi connectivity index (χ3v) is 2.74. The number of rotatable bonds is 2. The van der Waals surface area contributed by atoms with E-state index in [4.69, 9.17) is 11.6 Å². The Labute approximate surface area is 103 Å². The zero-order valence-corrected chi connectivity index (χ0v) is 10.1. The maximum absolute atomic E-state index is 10.8. The van der Waals surface area contributed by atoms with E-state index in [0.717, 1.165) is 5.56 Å². The number of hydrogen-bond acceptors (Lipinski definition) is 3. The zero-order chi connectivity index (χ0) is 12.6. The Balaban J connectivity index is 2.62. The lowest BCUT2D eigenvalue weighted by Gasteiger charge is -2.02. The quantitative estimate of drug-likeness (QED) is 0.609. The van der Waals surface area contributed by atoms with Crippen molar-refractivity contribution >= 4 is 17.3 Å². The molecular weight excluding hydrogens is 242 g/mol. The molecule has 0 fully saturated rings. The van der Waals surface area contributed by atoms with Gasteiger partial charge in [-0.1, -0.05) is 23.7 Å². The number of hydrogen-bond donors (Lipinski definition) is 0. The van der Waals surface area contributed by atoms with Crippen molar-refractivity contribution in [2.75, 3.05) is 0 Å². The molecule has 0 aliphatic heterocycles. The van der Waals surface area contributed by atoms with Crippen molar-refractivity contribution in [2.24, 2.45) is 0 Å². The summed E-state index contributed by atoms with van der Waals surface area (Å²) in [4.78, 5) is 10.3. The summed E-state index contributed by atoms with van der Waals surface area (Å²) in [5.74, 6) is 0. The maximum Gasteiger partial charge on any atom is 0.329 e. The van der Waals surface area contributed by atoms with Gasteiger partial charge in [0.25, 0.3) is 0 Å². The van der Waals surface area contributed by atoms with Crippen LogP contribution in [0.3, 0.4) is 0 Å². The molecule has 0 radical (unpaired) electrons. The Kier molecular flexibility index (Phi) is 2.85. The number of benzene rings is 1. The highest BCUT2D eigenvalue weighted by Crippen LogP contribution is 2.30. The monoisotopic (exact) mass is 251 g/mol. The van der Waals surface area contributed by atoms with Gasteiger partial charge in [-0.3, -0.25) is 10.1 Å². The molecule has 2 rings (SSSR count). The van der Waals surface area contributed by atoms with E-state index < -0.39 is 4.92 Å². The average Bonchev–Trinajstić information content (AvgIpc) is 2.54. The fraction of sp³-hybridized carbons (Fsp3) is 0.182. The van der Waals surface area contributed by atoms with Crippen molar-refractivity contribution in [3.63, 3.8) is 0 Å². The molecule has 0 bridgehead atoms. The van der Waals surface area contributed by atoms with Crippen LogP contribution in [0, 0.1) is 24.0 Å². The zero-order valence-electron chi connectivity index (χ0n) is 9.35. The minimum Gasteiger partial charge on any atom is -0.258 e. The predicted molar refractivity (Wildman–Crippen MR) is 64.7 cm³/mol. The molecule has 88 valence electrons. The van der Waals surface area contributed by atoms with E-state index in [1.807, 2.05) is 25.1 Å². The van der Waals surface area contributed by atoms with Gasteiger partial charge < -0.3 is 0 Å². The second kappa shape index (κ2) is 4.18. The van der Waals surface area contributed by atoms with Crippen LogP contribution >= 0.6 is 11.6 Å². The Morgan fingerprint density at radius 1 is 1.41 bits per heavy atom. The number of aromatic nitrogens is 2. The van der Waals surface area contributed by atoms with Gasteiger partial charge in [0, 0.05) is 0 Å². The lowest BCUT2D eigenvalue weighted by molar-refractivity contribution is -0.385. The van der Waals surface area contributed by atoms with Gasteiger partial charge in [-0.25, -0.2) is 4.68 Å². The molecule has 1 heterocycles. The Morgan fingerprint density at radius 2 is 2.12 bits per heavy atom. The van der Waals surface area contributed by atoms with Crippen LogP contribution in [0.5, 0.6) is 0 Å². The van der Waals surface area contributed by atoms with E-state index in [-0.39, 0.29) is 10.8 Å².